The predicted octanol–water partition coefficient (Wildman–Crippen LogP) is 3.93. The van der Waals surface area contributed by atoms with E-state index < -0.39 is 0 Å². The molecule has 0 bridgehead atoms. The Bertz CT molecular complexity index is 736. The molecular formula is C17H16N2O2. The summed E-state index contributed by atoms with van der Waals surface area (Å²) in [7, 11) is 0. The van der Waals surface area contributed by atoms with E-state index in [9.17, 15) is 0 Å². The van der Waals surface area contributed by atoms with Gasteiger partial charge in [-0.05, 0) is 49.2 Å². The quantitative estimate of drug-likeness (QED) is 0.726. The van der Waals surface area contributed by atoms with Gasteiger partial charge >= 0.3 is 0 Å². The lowest BCUT2D eigenvalue weighted by molar-refractivity contribution is 0.264. The van der Waals surface area contributed by atoms with E-state index in [4.69, 9.17) is 9.15 Å². The second-order valence-corrected chi connectivity index (χ2v) is 4.90. The van der Waals surface area contributed by atoms with Crippen LogP contribution in [0.5, 0.6) is 5.75 Å². The summed E-state index contributed by atoms with van der Waals surface area (Å²) in [4.78, 5) is 0. The van der Waals surface area contributed by atoms with E-state index in [1.165, 1.54) is 11.1 Å². The van der Waals surface area contributed by atoms with Crippen LogP contribution in [0.1, 0.15) is 17.0 Å². The van der Waals surface area contributed by atoms with Gasteiger partial charge in [0.15, 0.2) is 6.61 Å². The van der Waals surface area contributed by atoms with Crippen LogP contribution < -0.4 is 4.74 Å². The lowest BCUT2D eigenvalue weighted by atomic mass is 10.1. The molecule has 3 rings (SSSR count). The minimum Gasteiger partial charge on any atom is -0.484 e. The van der Waals surface area contributed by atoms with E-state index in [2.05, 4.69) is 24.0 Å². The van der Waals surface area contributed by atoms with Crippen molar-refractivity contribution < 1.29 is 9.15 Å². The van der Waals surface area contributed by atoms with Crippen LogP contribution in [0.15, 0.2) is 52.9 Å². The zero-order chi connectivity index (χ0) is 14.7. The first-order valence-electron chi connectivity index (χ1n) is 6.80. The fourth-order valence-corrected chi connectivity index (χ4v) is 1.96. The maximum Gasteiger partial charge on any atom is 0.254 e. The summed E-state index contributed by atoms with van der Waals surface area (Å²) in [5, 5.41) is 8.04. The van der Waals surface area contributed by atoms with Gasteiger partial charge in [-0.2, -0.15) is 0 Å². The van der Waals surface area contributed by atoms with E-state index in [0.29, 0.717) is 11.8 Å². The first kappa shape index (κ1) is 13.4. The van der Waals surface area contributed by atoms with Crippen molar-refractivity contribution in [3.05, 3.63) is 65.5 Å². The number of benzene rings is 2. The van der Waals surface area contributed by atoms with Crippen LogP contribution in [0.4, 0.5) is 0 Å². The van der Waals surface area contributed by atoms with Crippen LogP contribution >= 0.6 is 0 Å². The molecule has 0 radical (unpaired) electrons. The monoisotopic (exact) mass is 280 g/mol. The molecule has 0 atom stereocenters. The normalized spacial score (nSPS) is 10.6. The third kappa shape index (κ3) is 3.11. The van der Waals surface area contributed by atoms with E-state index in [0.717, 1.165) is 11.3 Å². The highest BCUT2D eigenvalue weighted by molar-refractivity contribution is 5.51. The van der Waals surface area contributed by atoms with E-state index >= 15 is 0 Å². The van der Waals surface area contributed by atoms with E-state index in [1.807, 2.05) is 48.5 Å². The van der Waals surface area contributed by atoms with Gasteiger partial charge in [-0.3, -0.25) is 0 Å². The molecule has 0 saturated carbocycles. The van der Waals surface area contributed by atoms with Gasteiger partial charge in [0.1, 0.15) is 5.75 Å². The van der Waals surface area contributed by atoms with Crippen molar-refractivity contribution in [3.8, 4) is 17.2 Å². The maximum absolute atomic E-state index is 5.68. The van der Waals surface area contributed by atoms with Crippen LogP contribution in [0.2, 0.25) is 0 Å². The molecule has 0 fully saturated rings. The number of aromatic nitrogens is 2. The molecule has 0 spiro atoms. The summed E-state index contributed by atoms with van der Waals surface area (Å²) in [5.74, 6) is 1.78. The van der Waals surface area contributed by atoms with Gasteiger partial charge in [0.25, 0.3) is 5.89 Å². The van der Waals surface area contributed by atoms with E-state index in [-0.39, 0.29) is 6.61 Å². The fourth-order valence-electron chi connectivity index (χ4n) is 1.96. The van der Waals surface area contributed by atoms with Crippen molar-refractivity contribution in [2.24, 2.45) is 0 Å². The third-order valence-corrected chi connectivity index (χ3v) is 3.33. The fraction of sp³-hybridized carbons (Fsp3) is 0.176. The molecule has 4 nitrogen and oxygen atoms in total. The van der Waals surface area contributed by atoms with Crippen molar-refractivity contribution in [2.45, 2.75) is 20.5 Å². The molecule has 4 heteroatoms. The average molecular weight is 280 g/mol. The Morgan fingerprint density at radius 3 is 2.52 bits per heavy atom. The minimum absolute atomic E-state index is 0.266. The molecule has 1 aromatic heterocycles. The first-order chi connectivity index (χ1) is 10.2. The number of ether oxygens (including phenoxy) is 1. The molecule has 0 aliphatic carbocycles. The van der Waals surface area contributed by atoms with Gasteiger partial charge in [0.2, 0.25) is 5.89 Å². The van der Waals surface area contributed by atoms with Gasteiger partial charge in [0.05, 0.1) is 0 Å². The zero-order valence-electron chi connectivity index (χ0n) is 12.0. The summed E-state index contributed by atoms with van der Waals surface area (Å²) in [6.07, 6.45) is 0. The van der Waals surface area contributed by atoms with E-state index in [1.54, 1.807) is 0 Å². The Balaban J connectivity index is 1.69. The van der Waals surface area contributed by atoms with Gasteiger partial charge in [-0.1, -0.05) is 24.3 Å². The molecule has 0 unspecified atom stereocenters. The predicted molar refractivity (Wildman–Crippen MR) is 80.0 cm³/mol. The smallest absolute Gasteiger partial charge is 0.254 e. The highest BCUT2D eigenvalue weighted by Gasteiger charge is 2.08. The Morgan fingerprint density at radius 1 is 0.952 bits per heavy atom. The van der Waals surface area contributed by atoms with Crippen LogP contribution in [0.25, 0.3) is 11.5 Å². The molecule has 0 amide bonds. The molecular weight excluding hydrogens is 264 g/mol. The molecule has 0 aliphatic heterocycles. The van der Waals surface area contributed by atoms with Crippen LogP contribution in [-0.2, 0) is 6.61 Å². The van der Waals surface area contributed by atoms with Crippen molar-refractivity contribution in [1.82, 2.24) is 10.2 Å². The largest absolute Gasteiger partial charge is 0.484 e. The second-order valence-electron chi connectivity index (χ2n) is 4.90. The number of hydrogen-bond donors (Lipinski definition) is 0. The standard InChI is InChI=1S/C17H16N2O2/c1-12-8-9-15(10-13(12)2)20-11-16-18-19-17(21-16)14-6-4-3-5-7-14/h3-10H,11H2,1-2H3. The van der Waals surface area contributed by atoms with Crippen molar-refractivity contribution in [2.75, 3.05) is 0 Å². The number of aryl methyl sites for hydroxylation is 2. The molecule has 0 N–H and O–H groups in total. The van der Waals surface area contributed by atoms with Gasteiger partial charge in [-0.25, -0.2) is 0 Å². The Hall–Kier alpha value is -2.62. The number of nitrogens with zero attached hydrogens (tertiary/aromatic N) is 2. The van der Waals surface area contributed by atoms with Crippen LogP contribution in [-0.4, -0.2) is 10.2 Å². The summed E-state index contributed by atoms with van der Waals surface area (Å²) < 4.78 is 11.3. The average Bonchev–Trinajstić information content (AvgIpc) is 2.98. The van der Waals surface area contributed by atoms with Crippen LogP contribution in [0.3, 0.4) is 0 Å². The summed E-state index contributed by atoms with van der Waals surface area (Å²) in [5.41, 5.74) is 3.34. The SMILES string of the molecule is Cc1ccc(OCc2nnc(-c3ccccc3)o2)cc1C. The number of hydrogen-bond acceptors (Lipinski definition) is 4. The molecule has 106 valence electrons. The molecule has 3 aromatic rings. The lowest BCUT2D eigenvalue weighted by Crippen LogP contribution is -1.96. The highest BCUT2D eigenvalue weighted by Crippen LogP contribution is 2.20. The Morgan fingerprint density at radius 2 is 1.76 bits per heavy atom. The van der Waals surface area contributed by atoms with Gasteiger partial charge in [-0.15, -0.1) is 10.2 Å². The topological polar surface area (TPSA) is 48.2 Å². The third-order valence-electron chi connectivity index (χ3n) is 3.33. The maximum atomic E-state index is 5.68. The van der Waals surface area contributed by atoms with Crippen molar-refractivity contribution in [1.29, 1.82) is 0 Å². The first-order valence-corrected chi connectivity index (χ1v) is 6.80. The Kier molecular flexibility index (Phi) is 3.69. The summed E-state index contributed by atoms with van der Waals surface area (Å²) in [6, 6.07) is 15.7. The van der Waals surface area contributed by atoms with Crippen LogP contribution in [0, 0.1) is 13.8 Å². The Labute approximate surface area is 123 Å². The minimum atomic E-state index is 0.266. The number of rotatable bonds is 4. The zero-order valence-corrected chi connectivity index (χ0v) is 12.0. The second kappa shape index (κ2) is 5.79. The molecule has 0 saturated heterocycles. The van der Waals surface area contributed by atoms with Gasteiger partial charge < -0.3 is 9.15 Å². The molecule has 0 aliphatic rings. The highest BCUT2D eigenvalue weighted by atomic mass is 16.5. The van der Waals surface area contributed by atoms with Crippen molar-refractivity contribution >= 4 is 0 Å². The lowest BCUT2D eigenvalue weighted by Gasteiger charge is -2.05. The summed E-state index contributed by atoms with van der Waals surface area (Å²) >= 11 is 0. The van der Waals surface area contributed by atoms with Gasteiger partial charge in [0, 0.05) is 5.56 Å². The molecule has 2 aromatic carbocycles. The van der Waals surface area contributed by atoms with Crippen molar-refractivity contribution in [3.63, 3.8) is 0 Å². The summed E-state index contributed by atoms with van der Waals surface area (Å²) in [6.45, 7) is 4.40. The molecule has 21 heavy (non-hydrogen) atoms. The molecule has 1 heterocycles.